The Morgan fingerprint density at radius 3 is 1.32 bits per heavy atom. The van der Waals surface area contributed by atoms with Crippen LogP contribution in [0.4, 0.5) is 43.9 Å². The molecule has 0 saturated carbocycles. The van der Waals surface area contributed by atoms with Crippen LogP contribution in [0.5, 0.6) is 0 Å². The molecule has 4 aliphatic rings. The number of nitrogen functional groups attached to an aromatic ring is 2. The van der Waals surface area contributed by atoms with Crippen LogP contribution in [0.25, 0.3) is 44.6 Å². The fraction of sp³-hybridized carbons (Fsp3) is 0.367. The molecular weight excluding hydrogens is 927 g/mol. The molecule has 8 aromatic rings. The maximum Gasteiger partial charge on any atom is 0.228 e. The Labute approximate surface area is 410 Å². The molecule has 2 aromatic carbocycles. The maximum absolute atomic E-state index is 15.3. The molecule has 72 heavy (non-hydrogen) atoms. The molecule has 0 radical (unpaired) electrons. The summed E-state index contributed by atoms with van der Waals surface area (Å²) in [5.41, 5.74) is 18.8. The lowest BCUT2D eigenvalue weighted by Gasteiger charge is -2.35. The van der Waals surface area contributed by atoms with Crippen molar-refractivity contribution >= 4 is 63.0 Å². The molecule has 6 N–H and O–H groups in total. The highest BCUT2D eigenvalue weighted by molar-refractivity contribution is 6.15. The number of carbonyl (C=O) groups is 1. The molecule has 4 aliphatic heterocycles. The normalized spacial score (nSPS) is 17.4. The van der Waals surface area contributed by atoms with Crippen LogP contribution in [0.1, 0.15) is 64.8 Å². The predicted molar refractivity (Wildman–Crippen MR) is 265 cm³/mol. The zero-order valence-electron chi connectivity index (χ0n) is 39.1. The van der Waals surface area contributed by atoms with Gasteiger partial charge in [0, 0.05) is 111 Å². The van der Waals surface area contributed by atoms with Gasteiger partial charge >= 0.3 is 0 Å². The molecular formula is C49H50F2N18O3. The molecule has 368 valence electrons. The Morgan fingerprint density at radius 2 is 0.931 bits per heavy atom. The average Bonchev–Trinajstić information content (AvgIpc) is 4.06. The minimum Gasteiger partial charge on any atom is -0.378 e. The third-order valence-corrected chi connectivity index (χ3v) is 14.2. The number of fused-ring (bicyclic) bond motifs is 2. The van der Waals surface area contributed by atoms with Crippen molar-refractivity contribution in [2.75, 3.05) is 110 Å². The second kappa shape index (κ2) is 18.9. The summed E-state index contributed by atoms with van der Waals surface area (Å²) >= 11 is 0. The Morgan fingerprint density at radius 1 is 0.542 bits per heavy atom. The number of carbonyl (C=O) groups excluding carboxylic acids is 1. The summed E-state index contributed by atoms with van der Waals surface area (Å²) in [5.74, 6) is 0.157. The summed E-state index contributed by atoms with van der Waals surface area (Å²) in [7, 11) is 0. The molecule has 4 saturated heterocycles. The lowest BCUT2D eigenvalue weighted by atomic mass is 9.89. The van der Waals surface area contributed by atoms with Gasteiger partial charge in [-0.15, -0.1) is 0 Å². The zero-order valence-corrected chi connectivity index (χ0v) is 39.1. The van der Waals surface area contributed by atoms with E-state index in [-0.39, 0.29) is 29.5 Å². The van der Waals surface area contributed by atoms with Crippen molar-refractivity contribution in [2.45, 2.75) is 37.5 Å². The number of aromatic nitrogens is 12. The van der Waals surface area contributed by atoms with Crippen LogP contribution in [-0.2, 0) is 9.47 Å². The molecule has 23 heteroatoms. The van der Waals surface area contributed by atoms with E-state index in [0.717, 1.165) is 22.2 Å². The number of nitrogens with one attached hydrogen (secondary N) is 2. The number of morpholine rings is 2. The molecule has 12 rings (SSSR count). The van der Waals surface area contributed by atoms with E-state index in [1.54, 1.807) is 24.8 Å². The quantitative estimate of drug-likeness (QED) is 0.131. The summed E-state index contributed by atoms with van der Waals surface area (Å²) in [6.45, 7) is 6.92. The van der Waals surface area contributed by atoms with E-state index in [4.69, 9.17) is 40.9 Å². The van der Waals surface area contributed by atoms with Crippen molar-refractivity contribution < 1.29 is 23.0 Å². The van der Waals surface area contributed by atoms with Gasteiger partial charge in [-0.1, -0.05) is 0 Å². The van der Waals surface area contributed by atoms with Gasteiger partial charge in [0.15, 0.2) is 17.1 Å². The lowest BCUT2D eigenvalue weighted by Crippen LogP contribution is -2.37. The highest BCUT2D eigenvalue weighted by Gasteiger charge is 2.33. The molecule has 6 aromatic heterocycles. The zero-order chi connectivity index (χ0) is 48.9. The molecule has 0 aliphatic carbocycles. The van der Waals surface area contributed by atoms with Crippen LogP contribution in [0, 0.1) is 11.6 Å². The Hall–Kier alpha value is -8.05. The predicted octanol–water partition coefficient (Wildman–Crippen LogP) is 5.05. The molecule has 0 atom stereocenters. The number of nitrogens with zero attached hydrogens (tertiary/aromatic N) is 14. The van der Waals surface area contributed by atoms with Crippen LogP contribution >= 0.6 is 0 Å². The van der Waals surface area contributed by atoms with Gasteiger partial charge in [0.05, 0.1) is 71.4 Å². The van der Waals surface area contributed by atoms with Crippen molar-refractivity contribution in [3.63, 3.8) is 0 Å². The molecule has 0 bridgehead atoms. The van der Waals surface area contributed by atoms with E-state index < -0.39 is 11.6 Å². The summed E-state index contributed by atoms with van der Waals surface area (Å²) < 4.78 is 41.7. The van der Waals surface area contributed by atoms with Gasteiger partial charge < -0.3 is 40.5 Å². The Kier molecular flexibility index (Phi) is 11.9. The minimum atomic E-state index is -0.464. The number of H-pyrrole nitrogens is 2. The fourth-order valence-corrected chi connectivity index (χ4v) is 10.5. The first kappa shape index (κ1) is 45.1. The van der Waals surface area contributed by atoms with Gasteiger partial charge in [-0.25, -0.2) is 38.7 Å². The van der Waals surface area contributed by atoms with E-state index in [2.05, 4.69) is 59.9 Å². The molecule has 0 amide bonds. The van der Waals surface area contributed by atoms with E-state index in [1.807, 2.05) is 0 Å². The Bertz CT molecular complexity index is 3070. The minimum absolute atomic E-state index is 0.00929. The van der Waals surface area contributed by atoms with E-state index >= 15 is 8.78 Å². The van der Waals surface area contributed by atoms with Crippen molar-refractivity contribution in [3.8, 4) is 22.5 Å². The third kappa shape index (κ3) is 8.56. The number of hydrogen-bond acceptors (Lipinski definition) is 19. The number of rotatable bonds is 10. The van der Waals surface area contributed by atoms with Gasteiger partial charge in [0.25, 0.3) is 0 Å². The van der Waals surface area contributed by atoms with Crippen LogP contribution in [0.3, 0.4) is 0 Å². The fourth-order valence-electron chi connectivity index (χ4n) is 10.5. The van der Waals surface area contributed by atoms with Gasteiger partial charge in [-0.2, -0.15) is 20.2 Å². The average molecular weight is 977 g/mol. The number of piperidine rings is 2. The lowest BCUT2D eigenvalue weighted by molar-refractivity contribution is 0.103. The first-order valence-corrected chi connectivity index (χ1v) is 24.2. The largest absolute Gasteiger partial charge is 0.378 e. The van der Waals surface area contributed by atoms with Gasteiger partial charge in [0.2, 0.25) is 23.8 Å². The van der Waals surface area contributed by atoms with Crippen molar-refractivity contribution in [1.82, 2.24) is 60.3 Å². The smallest absolute Gasteiger partial charge is 0.228 e. The van der Waals surface area contributed by atoms with Crippen LogP contribution in [0.2, 0.25) is 0 Å². The van der Waals surface area contributed by atoms with Gasteiger partial charge in [-0.05, 0) is 62.1 Å². The summed E-state index contributed by atoms with van der Waals surface area (Å²) in [5, 5.41) is 17.5. The molecule has 4 fully saturated rings. The van der Waals surface area contributed by atoms with E-state index in [1.165, 1.54) is 36.4 Å². The first-order valence-electron chi connectivity index (χ1n) is 24.2. The van der Waals surface area contributed by atoms with Crippen LogP contribution < -0.4 is 31.1 Å². The molecule has 21 nitrogen and oxygen atoms in total. The number of ether oxygens (including phenoxy) is 2. The van der Waals surface area contributed by atoms with E-state index in [0.29, 0.717) is 173 Å². The number of nitrogens with two attached hydrogens (primary N) is 2. The molecule has 0 unspecified atom stereocenters. The third-order valence-electron chi connectivity index (χ3n) is 14.2. The van der Waals surface area contributed by atoms with Gasteiger partial charge in [0.1, 0.15) is 11.6 Å². The van der Waals surface area contributed by atoms with Crippen molar-refractivity contribution in [2.24, 2.45) is 0 Å². The second-order valence-electron chi connectivity index (χ2n) is 18.4. The standard InChI is InChI=1S/C49H50F2N18O3/c50-31-1-3-33(35(21-31)66-9-5-27(6-10-66)41-37-39(29-23-54-46(52)55-24-29)58-48(60-44(37)64-62-41)68-13-17-71-18-14-68)43(70)34-4-2-32(51)22-36(34)67-11-7-28(8-12-67)42-38-40(30-25-56-47(53)57-26-30)59-49(61-45(38)65-63-42)69-15-19-72-20-16-69/h1-4,21-28H,5-20H2,(H2,52,54,55)(H2,53,56,57)(H,58,60,62,64)(H,59,61,63,65). The second-order valence-corrected chi connectivity index (χ2v) is 18.4. The van der Waals surface area contributed by atoms with Gasteiger partial charge in [-0.3, -0.25) is 15.0 Å². The first-order chi connectivity index (χ1) is 35.2. The van der Waals surface area contributed by atoms with Crippen molar-refractivity contribution in [3.05, 3.63) is 95.3 Å². The molecule has 0 spiro atoms. The van der Waals surface area contributed by atoms with Crippen LogP contribution in [0.15, 0.2) is 61.2 Å². The summed E-state index contributed by atoms with van der Waals surface area (Å²) in [6, 6.07) is 8.50. The number of benzene rings is 2. The number of hydrogen-bond donors (Lipinski definition) is 4. The van der Waals surface area contributed by atoms with Crippen molar-refractivity contribution in [1.29, 1.82) is 0 Å². The topological polar surface area (TPSA) is 261 Å². The highest BCUT2D eigenvalue weighted by Crippen LogP contribution is 2.41. The maximum atomic E-state index is 15.3. The SMILES string of the molecule is Nc1ncc(-c2nc(N3CCOCC3)nc3n[nH]c(C4CCN(c5cc(F)ccc5C(=O)c5ccc(F)cc5N5CCC(c6[nH]nc7nc(N8CCOCC8)nc(-c8cnc(N)nc8)c67)CC5)CC4)c23)cn1. The summed E-state index contributed by atoms with van der Waals surface area (Å²) in [6.07, 6.45) is 9.23. The number of ketones is 1. The number of aromatic amines is 2. The van der Waals surface area contributed by atoms with Crippen LogP contribution in [-0.4, -0.2) is 145 Å². The molecule has 10 heterocycles. The number of anilines is 6. The van der Waals surface area contributed by atoms with E-state index in [9.17, 15) is 4.79 Å². The summed E-state index contributed by atoms with van der Waals surface area (Å²) in [4.78, 5) is 59.9. The Balaban J connectivity index is 0.790. The number of halogens is 2. The monoisotopic (exact) mass is 976 g/mol. The highest BCUT2D eigenvalue weighted by atomic mass is 19.1.